The Kier molecular flexibility index (Phi) is 3.66. The van der Waals surface area contributed by atoms with Crippen molar-refractivity contribution in [2.75, 3.05) is 25.9 Å². The second kappa shape index (κ2) is 4.79. The number of hydrogen-bond donors (Lipinski definition) is 2. The van der Waals surface area contributed by atoms with Crippen LogP contribution in [0.3, 0.4) is 0 Å². The van der Waals surface area contributed by atoms with Crippen LogP contribution in [0.25, 0.3) is 0 Å². The van der Waals surface area contributed by atoms with Gasteiger partial charge in [0.05, 0.1) is 6.26 Å². The van der Waals surface area contributed by atoms with Crippen LogP contribution in [0.4, 0.5) is 0 Å². The molecule has 1 saturated heterocycles. The Hall–Kier alpha value is -0.660. The molecule has 2 rings (SSSR count). The number of rotatable bonds is 5. The van der Waals surface area contributed by atoms with Gasteiger partial charge in [0, 0.05) is 19.6 Å². The SMILES string of the molecule is CS(=O)(=O)N1CCCC(CNC2(C(=O)O)CC2)C1. The summed E-state index contributed by atoms with van der Waals surface area (Å²) in [5.41, 5.74) is -0.729. The maximum Gasteiger partial charge on any atom is 0.323 e. The third-order valence-electron chi connectivity index (χ3n) is 3.84. The summed E-state index contributed by atoms with van der Waals surface area (Å²) in [5, 5.41) is 12.1. The molecule has 0 radical (unpaired) electrons. The van der Waals surface area contributed by atoms with Crippen LogP contribution in [0, 0.1) is 5.92 Å². The van der Waals surface area contributed by atoms with E-state index in [1.165, 1.54) is 10.6 Å². The Balaban J connectivity index is 1.85. The molecule has 0 aromatic carbocycles. The van der Waals surface area contributed by atoms with Crippen LogP contribution >= 0.6 is 0 Å². The molecule has 0 aromatic heterocycles. The molecule has 1 aliphatic heterocycles. The molecule has 0 aromatic rings. The van der Waals surface area contributed by atoms with E-state index < -0.39 is 21.5 Å². The van der Waals surface area contributed by atoms with Gasteiger partial charge in [0.2, 0.25) is 10.0 Å². The summed E-state index contributed by atoms with van der Waals surface area (Å²) in [7, 11) is -3.12. The molecule has 1 saturated carbocycles. The van der Waals surface area contributed by atoms with Crippen LogP contribution in [0.15, 0.2) is 0 Å². The fourth-order valence-electron chi connectivity index (χ4n) is 2.43. The number of hydrogen-bond acceptors (Lipinski definition) is 4. The largest absolute Gasteiger partial charge is 0.480 e. The standard InChI is InChI=1S/C11H20N2O4S/c1-18(16,17)13-6-2-3-9(8-13)7-12-11(4-5-11)10(14)15/h9,12H,2-8H2,1H3,(H,14,15). The average Bonchev–Trinajstić information content (AvgIpc) is 3.07. The molecule has 2 fully saturated rings. The van der Waals surface area contributed by atoms with Gasteiger partial charge in [0.25, 0.3) is 0 Å². The zero-order chi connectivity index (χ0) is 13.4. The second-order valence-electron chi connectivity index (χ2n) is 5.40. The van der Waals surface area contributed by atoms with Crippen LogP contribution in [0.1, 0.15) is 25.7 Å². The third-order valence-corrected chi connectivity index (χ3v) is 5.11. The van der Waals surface area contributed by atoms with Gasteiger partial charge in [0.15, 0.2) is 0 Å². The minimum absolute atomic E-state index is 0.213. The molecule has 104 valence electrons. The Labute approximate surface area is 107 Å². The molecule has 2 aliphatic rings. The lowest BCUT2D eigenvalue weighted by atomic mass is 9.99. The molecule has 2 N–H and O–H groups in total. The van der Waals surface area contributed by atoms with E-state index in [1.807, 2.05) is 0 Å². The highest BCUT2D eigenvalue weighted by Crippen LogP contribution is 2.35. The van der Waals surface area contributed by atoms with Gasteiger partial charge in [-0.2, -0.15) is 0 Å². The second-order valence-corrected chi connectivity index (χ2v) is 7.38. The molecule has 18 heavy (non-hydrogen) atoms. The van der Waals surface area contributed by atoms with Gasteiger partial charge in [-0.05, 0) is 31.6 Å². The van der Waals surface area contributed by atoms with Crippen molar-refractivity contribution in [1.82, 2.24) is 9.62 Å². The molecule has 1 aliphatic carbocycles. The average molecular weight is 276 g/mol. The van der Waals surface area contributed by atoms with Crippen molar-refractivity contribution in [2.24, 2.45) is 5.92 Å². The first-order chi connectivity index (χ1) is 8.33. The zero-order valence-corrected chi connectivity index (χ0v) is 11.4. The van der Waals surface area contributed by atoms with Crippen LogP contribution in [0.2, 0.25) is 0 Å². The predicted octanol–water partition coefficient (Wildman–Crippen LogP) is -0.135. The highest BCUT2D eigenvalue weighted by atomic mass is 32.2. The Bertz CT molecular complexity index is 430. The summed E-state index contributed by atoms with van der Waals surface area (Å²) in [6.07, 6.45) is 4.37. The van der Waals surface area contributed by atoms with Gasteiger partial charge >= 0.3 is 5.97 Å². The lowest BCUT2D eigenvalue weighted by molar-refractivity contribution is -0.140. The van der Waals surface area contributed by atoms with E-state index in [0.29, 0.717) is 32.5 Å². The van der Waals surface area contributed by atoms with Crippen molar-refractivity contribution in [3.8, 4) is 0 Å². The van der Waals surface area contributed by atoms with Crippen molar-refractivity contribution in [3.05, 3.63) is 0 Å². The van der Waals surface area contributed by atoms with E-state index in [0.717, 1.165) is 12.8 Å². The normalized spacial score (nSPS) is 27.9. The first kappa shape index (κ1) is 13.8. The van der Waals surface area contributed by atoms with Crippen LogP contribution < -0.4 is 5.32 Å². The number of carboxylic acid groups (broad SMARTS) is 1. The van der Waals surface area contributed by atoms with Gasteiger partial charge in [-0.15, -0.1) is 0 Å². The van der Waals surface area contributed by atoms with Crippen molar-refractivity contribution in [1.29, 1.82) is 0 Å². The van der Waals surface area contributed by atoms with E-state index in [9.17, 15) is 13.2 Å². The topological polar surface area (TPSA) is 86.7 Å². The molecule has 1 unspecified atom stereocenters. The smallest absolute Gasteiger partial charge is 0.323 e. The fourth-order valence-corrected chi connectivity index (χ4v) is 3.37. The molecule has 6 nitrogen and oxygen atoms in total. The summed E-state index contributed by atoms with van der Waals surface area (Å²) in [6.45, 7) is 1.67. The molecule has 7 heteroatoms. The van der Waals surface area contributed by atoms with E-state index >= 15 is 0 Å². The molecule has 0 bridgehead atoms. The molecular weight excluding hydrogens is 256 g/mol. The van der Waals surface area contributed by atoms with E-state index in [-0.39, 0.29) is 5.92 Å². The summed E-state index contributed by atoms with van der Waals surface area (Å²) in [6, 6.07) is 0. The zero-order valence-electron chi connectivity index (χ0n) is 10.6. The van der Waals surface area contributed by atoms with Gasteiger partial charge in [-0.3, -0.25) is 4.79 Å². The lowest BCUT2D eigenvalue weighted by Crippen LogP contribution is -2.46. The number of nitrogens with one attached hydrogen (secondary N) is 1. The first-order valence-corrected chi connectivity index (χ1v) is 8.12. The summed E-state index contributed by atoms with van der Waals surface area (Å²) < 4.78 is 24.4. The number of carboxylic acids is 1. The highest BCUT2D eigenvalue weighted by Gasteiger charge is 2.50. The minimum Gasteiger partial charge on any atom is -0.480 e. The number of carbonyl (C=O) groups is 1. The fraction of sp³-hybridized carbons (Fsp3) is 0.909. The summed E-state index contributed by atoms with van der Waals surface area (Å²) >= 11 is 0. The Morgan fingerprint density at radius 1 is 1.50 bits per heavy atom. The summed E-state index contributed by atoms with van der Waals surface area (Å²) in [5.74, 6) is -0.580. The van der Waals surface area contributed by atoms with Gasteiger partial charge in [-0.25, -0.2) is 12.7 Å². The highest BCUT2D eigenvalue weighted by molar-refractivity contribution is 7.88. The molecule has 1 heterocycles. The van der Waals surface area contributed by atoms with Gasteiger partial charge in [-0.1, -0.05) is 0 Å². The molecule has 1 atom stereocenters. The Morgan fingerprint density at radius 3 is 2.67 bits per heavy atom. The van der Waals surface area contributed by atoms with E-state index in [2.05, 4.69) is 5.32 Å². The van der Waals surface area contributed by atoms with E-state index in [1.54, 1.807) is 0 Å². The number of nitrogens with zero attached hydrogens (tertiary/aromatic N) is 1. The Morgan fingerprint density at radius 2 is 2.17 bits per heavy atom. The van der Waals surface area contributed by atoms with Crippen molar-refractivity contribution >= 4 is 16.0 Å². The third kappa shape index (κ3) is 3.02. The van der Waals surface area contributed by atoms with E-state index in [4.69, 9.17) is 5.11 Å². The van der Waals surface area contributed by atoms with Crippen LogP contribution in [-0.4, -0.2) is 55.2 Å². The van der Waals surface area contributed by atoms with Crippen LogP contribution in [0.5, 0.6) is 0 Å². The molecule has 0 amide bonds. The minimum atomic E-state index is -3.12. The summed E-state index contributed by atoms with van der Waals surface area (Å²) in [4.78, 5) is 11.0. The van der Waals surface area contributed by atoms with Gasteiger partial charge < -0.3 is 10.4 Å². The maximum atomic E-state index is 11.5. The van der Waals surface area contributed by atoms with Crippen LogP contribution in [-0.2, 0) is 14.8 Å². The van der Waals surface area contributed by atoms with Gasteiger partial charge in [0.1, 0.15) is 5.54 Å². The monoisotopic (exact) mass is 276 g/mol. The number of piperidine rings is 1. The maximum absolute atomic E-state index is 11.5. The molecule has 0 spiro atoms. The predicted molar refractivity (Wildman–Crippen MR) is 66.7 cm³/mol. The first-order valence-electron chi connectivity index (χ1n) is 6.27. The lowest BCUT2D eigenvalue weighted by Gasteiger charge is -2.31. The van der Waals surface area contributed by atoms with Crippen molar-refractivity contribution < 1.29 is 18.3 Å². The number of aliphatic carboxylic acids is 1. The van der Waals surface area contributed by atoms with Crippen molar-refractivity contribution in [2.45, 2.75) is 31.2 Å². The quantitative estimate of drug-likeness (QED) is 0.730. The number of sulfonamides is 1. The molecular formula is C11H20N2O4S. The van der Waals surface area contributed by atoms with Crippen molar-refractivity contribution in [3.63, 3.8) is 0 Å².